The molecular formula is C7H11F2N3O. The minimum Gasteiger partial charge on any atom is -0.478 e. The summed E-state index contributed by atoms with van der Waals surface area (Å²) in [5, 5.41) is 6.58. The lowest BCUT2D eigenvalue weighted by atomic mass is 10.5. The fourth-order valence-electron chi connectivity index (χ4n) is 0.961. The molecule has 0 unspecified atom stereocenters. The van der Waals surface area contributed by atoms with Gasteiger partial charge in [0.1, 0.15) is 12.2 Å². The third kappa shape index (κ3) is 2.30. The van der Waals surface area contributed by atoms with Gasteiger partial charge < -0.3 is 10.1 Å². The smallest absolute Gasteiger partial charge is 0.257 e. The van der Waals surface area contributed by atoms with Crippen molar-refractivity contribution in [1.29, 1.82) is 0 Å². The average molecular weight is 191 g/mol. The number of alkyl halides is 2. The lowest BCUT2D eigenvalue weighted by Gasteiger charge is -1.97. The predicted octanol–water partition coefficient (Wildman–Crippen LogP) is 1.20. The third-order valence-corrected chi connectivity index (χ3v) is 1.52. The van der Waals surface area contributed by atoms with E-state index in [4.69, 9.17) is 4.74 Å². The quantitative estimate of drug-likeness (QED) is 0.777. The van der Waals surface area contributed by atoms with Gasteiger partial charge in [-0.2, -0.15) is 0 Å². The van der Waals surface area contributed by atoms with Gasteiger partial charge in [0.25, 0.3) is 12.3 Å². The SMILES string of the molecule is CNc1cn(CC(F)F)nc1OC. The van der Waals surface area contributed by atoms with Crippen molar-refractivity contribution < 1.29 is 13.5 Å². The molecule has 0 aliphatic carbocycles. The predicted molar refractivity (Wildman–Crippen MR) is 44.3 cm³/mol. The Labute approximate surface area is 74.5 Å². The van der Waals surface area contributed by atoms with Crippen LogP contribution in [-0.4, -0.2) is 30.4 Å². The summed E-state index contributed by atoms with van der Waals surface area (Å²) in [6.07, 6.45) is -0.931. The molecule has 4 nitrogen and oxygen atoms in total. The molecule has 0 aromatic carbocycles. The van der Waals surface area contributed by atoms with Crippen LogP contribution < -0.4 is 10.1 Å². The highest BCUT2D eigenvalue weighted by Crippen LogP contribution is 2.20. The molecule has 0 saturated heterocycles. The molecule has 1 N–H and O–H groups in total. The largest absolute Gasteiger partial charge is 0.478 e. The molecule has 1 rings (SSSR count). The Morgan fingerprint density at radius 1 is 1.69 bits per heavy atom. The van der Waals surface area contributed by atoms with Gasteiger partial charge in [0.15, 0.2) is 0 Å². The van der Waals surface area contributed by atoms with Crippen molar-refractivity contribution in [2.24, 2.45) is 0 Å². The van der Waals surface area contributed by atoms with Crippen LogP contribution in [0.25, 0.3) is 0 Å². The van der Waals surface area contributed by atoms with Crippen LogP contribution >= 0.6 is 0 Å². The van der Waals surface area contributed by atoms with Gasteiger partial charge in [-0.05, 0) is 0 Å². The standard InChI is InChI=1S/C7H11F2N3O/c1-10-5-3-12(4-6(8)9)11-7(5)13-2/h3,6,10H,4H2,1-2H3. The number of nitrogens with one attached hydrogen (secondary N) is 1. The zero-order valence-corrected chi connectivity index (χ0v) is 7.42. The summed E-state index contributed by atoms with van der Waals surface area (Å²) in [6.45, 7) is -0.419. The Balaban J connectivity index is 2.80. The van der Waals surface area contributed by atoms with Gasteiger partial charge in [0.05, 0.1) is 13.3 Å². The molecule has 0 radical (unpaired) electrons. The number of hydrogen-bond acceptors (Lipinski definition) is 3. The van der Waals surface area contributed by atoms with Crippen LogP contribution in [0.4, 0.5) is 14.5 Å². The molecule has 1 aromatic heterocycles. The minimum atomic E-state index is -2.41. The first-order chi connectivity index (χ1) is 6.17. The highest BCUT2D eigenvalue weighted by Gasteiger charge is 2.10. The molecule has 1 aromatic rings. The highest BCUT2D eigenvalue weighted by molar-refractivity contribution is 5.50. The maximum Gasteiger partial charge on any atom is 0.257 e. The van der Waals surface area contributed by atoms with Crippen LogP contribution in [0.2, 0.25) is 0 Å². The number of anilines is 1. The van der Waals surface area contributed by atoms with Crippen LogP contribution in [-0.2, 0) is 6.54 Å². The topological polar surface area (TPSA) is 39.1 Å². The van der Waals surface area contributed by atoms with E-state index < -0.39 is 13.0 Å². The Morgan fingerprint density at radius 3 is 2.77 bits per heavy atom. The van der Waals surface area contributed by atoms with Gasteiger partial charge in [0, 0.05) is 7.05 Å². The van der Waals surface area contributed by atoms with Crippen LogP contribution in [0.3, 0.4) is 0 Å². The molecule has 1 heterocycles. The molecule has 74 valence electrons. The summed E-state index contributed by atoms with van der Waals surface area (Å²) in [6, 6.07) is 0. The fraction of sp³-hybridized carbons (Fsp3) is 0.571. The van der Waals surface area contributed by atoms with E-state index in [9.17, 15) is 8.78 Å². The molecule has 0 aliphatic heterocycles. The van der Waals surface area contributed by atoms with Gasteiger partial charge in [-0.15, -0.1) is 5.10 Å². The maximum absolute atomic E-state index is 11.9. The second kappa shape index (κ2) is 4.06. The zero-order valence-electron chi connectivity index (χ0n) is 7.42. The number of methoxy groups -OCH3 is 1. The van der Waals surface area contributed by atoms with Crippen molar-refractivity contribution in [1.82, 2.24) is 9.78 Å². The summed E-state index contributed by atoms with van der Waals surface area (Å²) in [7, 11) is 3.11. The normalized spacial score (nSPS) is 10.5. The van der Waals surface area contributed by atoms with Crippen LogP contribution in [0.15, 0.2) is 6.20 Å². The first-order valence-electron chi connectivity index (χ1n) is 3.74. The summed E-state index contributed by atoms with van der Waals surface area (Å²) < 4.78 is 29.9. The maximum atomic E-state index is 11.9. The molecular weight excluding hydrogens is 180 g/mol. The van der Waals surface area contributed by atoms with Crippen molar-refractivity contribution >= 4 is 5.69 Å². The van der Waals surface area contributed by atoms with E-state index in [0.717, 1.165) is 4.68 Å². The van der Waals surface area contributed by atoms with E-state index >= 15 is 0 Å². The number of halogens is 2. The Hall–Kier alpha value is -1.33. The second-order valence-corrected chi connectivity index (χ2v) is 2.42. The molecule has 0 saturated carbocycles. The molecule has 0 aliphatic rings. The van der Waals surface area contributed by atoms with Crippen LogP contribution in [0, 0.1) is 0 Å². The second-order valence-electron chi connectivity index (χ2n) is 2.42. The lowest BCUT2D eigenvalue weighted by Crippen LogP contribution is -2.06. The van der Waals surface area contributed by atoms with E-state index in [2.05, 4.69) is 10.4 Å². The highest BCUT2D eigenvalue weighted by atomic mass is 19.3. The fourth-order valence-corrected chi connectivity index (χ4v) is 0.961. The molecule has 0 spiro atoms. The van der Waals surface area contributed by atoms with Crippen molar-refractivity contribution in [2.75, 3.05) is 19.5 Å². The molecule has 13 heavy (non-hydrogen) atoms. The zero-order chi connectivity index (χ0) is 9.84. The van der Waals surface area contributed by atoms with Crippen LogP contribution in [0.1, 0.15) is 0 Å². The van der Waals surface area contributed by atoms with Gasteiger partial charge in [0.2, 0.25) is 0 Å². The molecule has 0 amide bonds. The number of nitrogens with zero attached hydrogens (tertiary/aromatic N) is 2. The summed E-state index contributed by atoms with van der Waals surface area (Å²) in [4.78, 5) is 0. The van der Waals surface area contributed by atoms with Crippen molar-refractivity contribution in [3.63, 3.8) is 0 Å². The van der Waals surface area contributed by atoms with Crippen molar-refractivity contribution in [2.45, 2.75) is 13.0 Å². The van der Waals surface area contributed by atoms with Crippen molar-refractivity contribution in [3.8, 4) is 5.88 Å². The van der Waals surface area contributed by atoms with Gasteiger partial charge >= 0.3 is 0 Å². The molecule has 6 heteroatoms. The van der Waals surface area contributed by atoms with Crippen LogP contribution in [0.5, 0.6) is 5.88 Å². The van der Waals surface area contributed by atoms with Gasteiger partial charge in [-0.1, -0.05) is 0 Å². The van der Waals surface area contributed by atoms with Gasteiger partial charge in [-0.3, -0.25) is 4.68 Å². The monoisotopic (exact) mass is 191 g/mol. The van der Waals surface area contributed by atoms with E-state index in [0.29, 0.717) is 11.6 Å². The lowest BCUT2D eigenvalue weighted by molar-refractivity contribution is 0.121. The van der Waals surface area contributed by atoms with E-state index in [1.807, 2.05) is 0 Å². The van der Waals surface area contributed by atoms with E-state index in [1.54, 1.807) is 7.05 Å². The number of aromatic nitrogens is 2. The number of ether oxygens (including phenoxy) is 1. The first-order valence-corrected chi connectivity index (χ1v) is 3.74. The molecule has 0 fully saturated rings. The summed E-state index contributed by atoms with van der Waals surface area (Å²) in [5.41, 5.74) is 0.600. The summed E-state index contributed by atoms with van der Waals surface area (Å²) in [5.74, 6) is 0.322. The van der Waals surface area contributed by atoms with Crippen molar-refractivity contribution in [3.05, 3.63) is 6.20 Å². The Kier molecular flexibility index (Phi) is 3.05. The van der Waals surface area contributed by atoms with E-state index in [1.165, 1.54) is 13.3 Å². The Morgan fingerprint density at radius 2 is 2.38 bits per heavy atom. The Bertz CT molecular complexity index is 253. The van der Waals surface area contributed by atoms with E-state index in [-0.39, 0.29) is 0 Å². The third-order valence-electron chi connectivity index (χ3n) is 1.52. The molecule has 0 bridgehead atoms. The minimum absolute atomic E-state index is 0.322. The number of hydrogen-bond donors (Lipinski definition) is 1. The molecule has 0 atom stereocenters. The first kappa shape index (κ1) is 9.76. The average Bonchev–Trinajstić information content (AvgIpc) is 2.45. The van der Waals surface area contributed by atoms with Gasteiger partial charge in [-0.25, -0.2) is 8.78 Å². The summed E-state index contributed by atoms with van der Waals surface area (Å²) >= 11 is 0. The number of rotatable bonds is 4.